The summed E-state index contributed by atoms with van der Waals surface area (Å²) < 4.78 is 11.5. The largest absolute Gasteiger partial charge is 0.490 e. The topological polar surface area (TPSA) is 67.9 Å². The van der Waals surface area contributed by atoms with Crippen molar-refractivity contribution >= 4 is 46.8 Å². The molecule has 1 unspecified atom stereocenters. The highest BCUT2D eigenvalue weighted by Gasteiger charge is 2.32. The maximum Gasteiger partial charge on any atom is 0.265 e. The van der Waals surface area contributed by atoms with E-state index in [1.807, 2.05) is 20.8 Å². The molecule has 0 aliphatic carbocycles. The molecule has 1 fully saturated rings. The maximum atomic E-state index is 12.7. The Morgan fingerprint density at radius 3 is 2.68 bits per heavy atom. The normalized spacial score (nSPS) is 16.8. The Morgan fingerprint density at radius 1 is 1.36 bits per heavy atom. The van der Waals surface area contributed by atoms with Gasteiger partial charge in [-0.1, -0.05) is 24.6 Å². The third-order valence-corrected chi connectivity index (χ3v) is 4.64. The Balaban J connectivity index is 2.46. The Labute approximate surface area is 175 Å². The van der Waals surface area contributed by atoms with Gasteiger partial charge in [-0.25, -0.2) is 0 Å². The Morgan fingerprint density at radius 2 is 2.07 bits per heavy atom. The quantitative estimate of drug-likeness (QED) is 0.299. The molecule has 1 atom stereocenters. The zero-order valence-corrected chi connectivity index (χ0v) is 17.7. The summed E-state index contributed by atoms with van der Waals surface area (Å²) in [6, 6.07) is 3.31. The summed E-state index contributed by atoms with van der Waals surface area (Å²) in [6.07, 6.45) is 3.75. The van der Waals surface area contributed by atoms with Gasteiger partial charge in [-0.2, -0.15) is 0 Å². The molecule has 1 aromatic rings. The number of halogens is 1. The second-order valence-corrected chi connectivity index (χ2v) is 6.92. The number of ether oxygens (including phenoxy) is 2. The van der Waals surface area contributed by atoms with Gasteiger partial charge in [0, 0.05) is 6.54 Å². The van der Waals surface area contributed by atoms with E-state index in [0.29, 0.717) is 28.7 Å². The molecule has 1 heterocycles. The summed E-state index contributed by atoms with van der Waals surface area (Å²) in [5.41, 5.74) is 0.486. The molecule has 1 aliphatic heterocycles. The molecule has 8 heteroatoms. The first kappa shape index (κ1) is 21.9. The lowest BCUT2D eigenvalue weighted by atomic mass is 10.1. The fraction of sp³-hybridized carbons (Fsp3) is 0.350. The Kier molecular flexibility index (Phi) is 7.60. The van der Waals surface area contributed by atoms with Crippen molar-refractivity contribution in [1.82, 2.24) is 10.2 Å². The van der Waals surface area contributed by atoms with Crippen molar-refractivity contribution in [3.8, 4) is 11.5 Å². The predicted octanol–water partition coefficient (Wildman–Crippen LogP) is 3.73. The van der Waals surface area contributed by atoms with Gasteiger partial charge in [0.1, 0.15) is 5.57 Å². The molecule has 2 amide bonds. The highest BCUT2D eigenvalue weighted by Crippen LogP contribution is 2.38. The summed E-state index contributed by atoms with van der Waals surface area (Å²) in [6.45, 7) is 9.99. The second-order valence-electron chi connectivity index (χ2n) is 6.12. The number of benzene rings is 1. The summed E-state index contributed by atoms with van der Waals surface area (Å²) in [7, 11) is 0. The van der Waals surface area contributed by atoms with E-state index in [9.17, 15) is 9.59 Å². The standard InChI is InChI=1S/C20H23ClN2O4S/c1-5-8-23-19(25)14(18(24)22-20(23)28)9-13-10-15(21)17(27-12(4)6-2)16(11-13)26-7-3/h5,9-12H,1,6-8H2,2-4H3,(H,22,24,28)/b14-9+. The molecule has 1 N–H and O–H groups in total. The molecule has 1 aromatic carbocycles. The van der Waals surface area contributed by atoms with Crippen molar-refractivity contribution < 1.29 is 19.1 Å². The average molecular weight is 423 g/mol. The van der Waals surface area contributed by atoms with Crippen LogP contribution in [0.1, 0.15) is 32.8 Å². The van der Waals surface area contributed by atoms with Gasteiger partial charge in [0.05, 0.1) is 17.7 Å². The van der Waals surface area contributed by atoms with E-state index < -0.39 is 11.8 Å². The molecule has 2 rings (SSSR count). The van der Waals surface area contributed by atoms with E-state index in [0.717, 1.165) is 6.42 Å². The van der Waals surface area contributed by atoms with Crippen LogP contribution in [-0.2, 0) is 9.59 Å². The molecular weight excluding hydrogens is 400 g/mol. The van der Waals surface area contributed by atoms with Crippen LogP contribution in [0.15, 0.2) is 30.4 Å². The van der Waals surface area contributed by atoms with E-state index in [1.165, 1.54) is 17.1 Å². The smallest absolute Gasteiger partial charge is 0.265 e. The first-order valence-electron chi connectivity index (χ1n) is 8.95. The number of rotatable bonds is 8. The summed E-state index contributed by atoms with van der Waals surface area (Å²) in [5, 5.41) is 2.89. The fourth-order valence-electron chi connectivity index (χ4n) is 2.49. The van der Waals surface area contributed by atoms with Crippen molar-refractivity contribution in [2.45, 2.75) is 33.3 Å². The van der Waals surface area contributed by atoms with Crippen LogP contribution >= 0.6 is 23.8 Å². The van der Waals surface area contributed by atoms with Crippen molar-refractivity contribution in [2.24, 2.45) is 0 Å². The minimum Gasteiger partial charge on any atom is -0.490 e. The number of nitrogens with one attached hydrogen (secondary N) is 1. The minimum atomic E-state index is -0.565. The van der Waals surface area contributed by atoms with Gasteiger partial charge in [0.25, 0.3) is 11.8 Å². The molecule has 0 bridgehead atoms. The molecule has 0 aromatic heterocycles. The number of nitrogens with zero attached hydrogens (tertiary/aromatic N) is 1. The van der Waals surface area contributed by atoms with E-state index in [1.54, 1.807) is 12.1 Å². The van der Waals surface area contributed by atoms with Crippen LogP contribution in [0.2, 0.25) is 5.02 Å². The lowest BCUT2D eigenvalue weighted by Crippen LogP contribution is -2.53. The molecular formula is C20H23ClN2O4S. The first-order valence-corrected chi connectivity index (χ1v) is 9.73. The first-order chi connectivity index (χ1) is 13.3. The number of amides is 2. The van der Waals surface area contributed by atoms with Crippen LogP contribution in [-0.4, -0.2) is 41.1 Å². The molecule has 150 valence electrons. The van der Waals surface area contributed by atoms with E-state index >= 15 is 0 Å². The molecule has 1 aliphatic rings. The summed E-state index contributed by atoms with van der Waals surface area (Å²) >= 11 is 11.4. The SMILES string of the molecule is C=CCN1C(=O)/C(=C/c2cc(Cl)c(OC(C)CC)c(OCC)c2)C(=O)NC1=S. The van der Waals surface area contributed by atoms with Crippen molar-refractivity contribution in [3.63, 3.8) is 0 Å². The molecule has 0 spiro atoms. The van der Waals surface area contributed by atoms with Gasteiger partial charge in [0.15, 0.2) is 16.6 Å². The highest BCUT2D eigenvalue weighted by atomic mass is 35.5. The van der Waals surface area contributed by atoms with Gasteiger partial charge in [-0.15, -0.1) is 6.58 Å². The summed E-state index contributed by atoms with van der Waals surface area (Å²) in [5.74, 6) is -0.176. The Bertz CT molecular complexity index is 838. The van der Waals surface area contributed by atoms with Crippen LogP contribution in [0.4, 0.5) is 0 Å². The molecule has 0 saturated carbocycles. The van der Waals surface area contributed by atoms with Gasteiger partial charge < -0.3 is 9.47 Å². The van der Waals surface area contributed by atoms with Gasteiger partial charge in [-0.3, -0.25) is 19.8 Å². The number of carbonyl (C=O) groups is 2. The molecule has 0 radical (unpaired) electrons. The fourth-order valence-corrected chi connectivity index (χ4v) is 3.00. The van der Waals surface area contributed by atoms with Gasteiger partial charge in [0.2, 0.25) is 0 Å². The van der Waals surface area contributed by atoms with Crippen molar-refractivity contribution in [1.29, 1.82) is 0 Å². The molecule has 28 heavy (non-hydrogen) atoms. The number of hydrogen-bond acceptors (Lipinski definition) is 5. The lowest BCUT2D eigenvalue weighted by Gasteiger charge is -2.27. The highest BCUT2D eigenvalue weighted by molar-refractivity contribution is 7.80. The summed E-state index contributed by atoms with van der Waals surface area (Å²) in [4.78, 5) is 26.2. The number of carbonyl (C=O) groups excluding carboxylic acids is 2. The van der Waals surface area contributed by atoms with E-state index in [4.69, 9.17) is 33.3 Å². The third kappa shape index (κ3) is 4.91. The third-order valence-electron chi connectivity index (χ3n) is 4.03. The molecule has 6 nitrogen and oxygen atoms in total. The number of hydrogen-bond donors (Lipinski definition) is 1. The monoisotopic (exact) mass is 422 g/mol. The second kappa shape index (κ2) is 9.71. The van der Waals surface area contributed by atoms with Crippen LogP contribution in [0, 0.1) is 0 Å². The Hall–Kier alpha value is -2.38. The van der Waals surface area contributed by atoms with Crippen LogP contribution < -0.4 is 14.8 Å². The van der Waals surface area contributed by atoms with Gasteiger partial charge in [-0.05, 0) is 56.3 Å². The maximum absolute atomic E-state index is 12.7. The predicted molar refractivity (Wildman–Crippen MR) is 114 cm³/mol. The van der Waals surface area contributed by atoms with Crippen molar-refractivity contribution in [2.75, 3.05) is 13.2 Å². The lowest BCUT2D eigenvalue weighted by molar-refractivity contribution is -0.128. The van der Waals surface area contributed by atoms with Crippen molar-refractivity contribution in [3.05, 3.63) is 40.9 Å². The zero-order chi connectivity index (χ0) is 20.8. The zero-order valence-electron chi connectivity index (χ0n) is 16.1. The van der Waals surface area contributed by atoms with Crippen LogP contribution in [0.5, 0.6) is 11.5 Å². The average Bonchev–Trinajstić information content (AvgIpc) is 2.65. The van der Waals surface area contributed by atoms with E-state index in [2.05, 4.69) is 11.9 Å². The van der Waals surface area contributed by atoms with Crippen LogP contribution in [0.25, 0.3) is 6.08 Å². The van der Waals surface area contributed by atoms with Crippen LogP contribution in [0.3, 0.4) is 0 Å². The van der Waals surface area contributed by atoms with Gasteiger partial charge >= 0.3 is 0 Å². The number of thiocarbonyl (C=S) groups is 1. The molecule has 1 saturated heterocycles. The minimum absolute atomic E-state index is 0.0416. The van der Waals surface area contributed by atoms with E-state index in [-0.39, 0.29) is 23.3 Å².